The molecule has 10 heteroatoms. The Kier molecular flexibility index (Phi) is 5.23. The van der Waals surface area contributed by atoms with Crippen LogP contribution in [-0.4, -0.2) is 15.0 Å². The summed E-state index contributed by atoms with van der Waals surface area (Å²) in [6, 6.07) is 10.5. The van der Waals surface area contributed by atoms with Crippen LogP contribution in [0.25, 0.3) is 15.9 Å². The van der Waals surface area contributed by atoms with E-state index in [2.05, 4.69) is 5.32 Å². The molecular weight excluding hydrogens is 436 g/mol. The molecule has 2 heterocycles. The molecule has 0 aliphatic heterocycles. The van der Waals surface area contributed by atoms with E-state index in [0.717, 1.165) is 28.0 Å². The van der Waals surface area contributed by atoms with Gasteiger partial charge in [-0.3, -0.25) is 14.2 Å². The zero-order valence-corrected chi connectivity index (χ0v) is 16.6. The zero-order chi connectivity index (χ0) is 21.4. The summed E-state index contributed by atoms with van der Waals surface area (Å²) < 4.78 is 29.3. The molecule has 0 bridgehead atoms. The minimum Gasteiger partial charge on any atom is -0.323 e. The van der Waals surface area contributed by atoms with Crippen molar-refractivity contribution < 1.29 is 13.6 Å². The normalized spacial score (nSPS) is 11.0. The van der Waals surface area contributed by atoms with Crippen LogP contribution in [0.2, 0.25) is 5.02 Å². The summed E-state index contributed by atoms with van der Waals surface area (Å²) >= 11 is 7.09. The van der Waals surface area contributed by atoms with E-state index in [1.807, 2.05) is 0 Å². The first-order valence-electron chi connectivity index (χ1n) is 8.59. The third kappa shape index (κ3) is 3.64. The number of hydrogen-bond donors (Lipinski definition) is 1. The Balaban J connectivity index is 1.83. The topological polar surface area (TPSA) is 73.1 Å². The molecule has 0 saturated heterocycles. The first-order valence-corrected chi connectivity index (χ1v) is 9.85. The van der Waals surface area contributed by atoms with Gasteiger partial charge in [-0.25, -0.2) is 18.1 Å². The lowest BCUT2D eigenvalue weighted by molar-refractivity contribution is -0.116. The molecular formula is C20H12ClF2N3O3S. The Morgan fingerprint density at radius 2 is 1.77 bits per heavy atom. The van der Waals surface area contributed by atoms with E-state index in [1.54, 1.807) is 29.6 Å². The molecule has 152 valence electrons. The van der Waals surface area contributed by atoms with Gasteiger partial charge in [-0.05, 0) is 35.7 Å². The van der Waals surface area contributed by atoms with Crippen molar-refractivity contribution >= 4 is 44.7 Å². The SMILES string of the molecule is O=C(Cn1c(=O)n(-c2cc(F)cc(F)c2)c(=O)c2sccc21)Nc1ccccc1Cl. The van der Waals surface area contributed by atoms with Crippen molar-refractivity contribution in [1.82, 2.24) is 9.13 Å². The minimum absolute atomic E-state index is 0.171. The number of halogens is 3. The average Bonchev–Trinajstić information content (AvgIpc) is 3.16. The van der Waals surface area contributed by atoms with E-state index in [0.29, 0.717) is 21.3 Å². The number of thiophene rings is 1. The highest BCUT2D eigenvalue weighted by Crippen LogP contribution is 2.21. The monoisotopic (exact) mass is 447 g/mol. The predicted octanol–water partition coefficient (Wildman–Crippen LogP) is 3.78. The summed E-state index contributed by atoms with van der Waals surface area (Å²) in [5, 5.41) is 4.51. The first kappa shape index (κ1) is 20.0. The maximum absolute atomic E-state index is 13.7. The lowest BCUT2D eigenvalue weighted by atomic mass is 10.3. The van der Waals surface area contributed by atoms with Crippen LogP contribution in [0, 0.1) is 11.6 Å². The molecule has 30 heavy (non-hydrogen) atoms. The second-order valence-corrected chi connectivity index (χ2v) is 7.62. The Bertz CT molecular complexity index is 1390. The van der Waals surface area contributed by atoms with Gasteiger partial charge in [0.2, 0.25) is 5.91 Å². The number of anilines is 1. The number of nitrogens with one attached hydrogen (secondary N) is 1. The molecule has 0 radical (unpaired) electrons. The van der Waals surface area contributed by atoms with Gasteiger partial charge in [0.25, 0.3) is 5.56 Å². The van der Waals surface area contributed by atoms with Crippen molar-refractivity contribution in [3.8, 4) is 5.69 Å². The van der Waals surface area contributed by atoms with Crippen LogP contribution in [0.4, 0.5) is 14.5 Å². The lowest BCUT2D eigenvalue weighted by Crippen LogP contribution is -2.40. The molecule has 2 aromatic carbocycles. The van der Waals surface area contributed by atoms with E-state index in [9.17, 15) is 23.2 Å². The Morgan fingerprint density at radius 3 is 2.47 bits per heavy atom. The first-order chi connectivity index (χ1) is 14.3. The van der Waals surface area contributed by atoms with Crippen LogP contribution in [0.3, 0.4) is 0 Å². The summed E-state index contributed by atoms with van der Waals surface area (Å²) in [6.45, 7) is -0.435. The quantitative estimate of drug-likeness (QED) is 0.517. The number of fused-ring (bicyclic) bond motifs is 1. The van der Waals surface area contributed by atoms with Gasteiger partial charge in [-0.2, -0.15) is 0 Å². The summed E-state index contributed by atoms with van der Waals surface area (Å²) in [5.74, 6) is -2.44. The average molecular weight is 448 g/mol. The molecule has 4 aromatic rings. The Morgan fingerprint density at radius 1 is 1.07 bits per heavy atom. The van der Waals surface area contributed by atoms with Crippen molar-refractivity contribution in [2.75, 3.05) is 5.32 Å². The fraction of sp³-hybridized carbons (Fsp3) is 0.0500. The molecule has 0 aliphatic carbocycles. The number of carbonyl (C=O) groups excluding carboxylic acids is 1. The van der Waals surface area contributed by atoms with Gasteiger partial charge in [0, 0.05) is 6.07 Å². The fourth-order valence-corrected chi connectivity index (χ4v) is 4.04. The number of aromatic nitrogens is 2. The number of para-hydroxylation sites is 1. The second-order valence-electron chi connectivity index (χ2n) is 6.30. The lowest BCUT2D eigenvalue weighted by Gasteiger charge is -2.13. The second kappa shape index (κ2) is 7.85. The number of carbonyl (C=O) groups is 1. The molecule has 0 fully saturated rings. The van der Waals surface area contributed by atoms with Crippen molar-refractivity contribution in [2.24, 2.45) is 0 Å². The summed E-state index contributed by atoms with van der Waals surface area (Å²) in [4.78, 5) is 38.4. The zero-order valence-electron chi connectivity index (χ0n) is 15.1. The maximum atomic E-state index is 13.7. The van der Waals surface area contributed by atoms with E-state index in [4.69, 9.17) is 11.6 Å². The number of rotatable bonds is 4. The highest BCUT2D eigenvalue weighted by Gasteiger charge is 2.19. The van der Waals surface area contributed by atoms with Crippen molar-refractivity contribution in [1.29, 1.82) is 0 Å². The van der Waals surface area contributed by atoms with Crippen LogP contribution >= 0.6 is 22.9 Å². The van der Waals surface area contributed by atoms with Crippen LogP contribution in [-0.2, 0) is 11.3 Å². The number of hydrogen-bond acceptors (Lipinski definition) is 4. The van der Waals surface area contributed by atoms with Crippen LogP contribution in [0.5, 0.6) is 0 Å². The van der Waals surface area contributed by atoms with Crippen molar-refractivity contribution in [3.05, 3.63) is 91.4 Å². The highest BCUT2D eigenvalue weighted by molar-refractivity contribution is 7.17. The summed E-state index contributed by atoms with van der Waals surface area (Å²) in [6.07, 6.45) is 0. The van der Waals surface area contributed by atoms with Crippen molar-refractivity contribution in [3.63, 3.8) is 0 Å². The molecule has 0 saturated carbocycles. The third-order valence-corrected chi connectivity index (χ3v) is 5.53. The van der Waals surface area contributed by atoms with Gasteiger partial charge >= 0.3 is 5.69 Å². The number of benzene rings is 2. The summed E-state index contributed by atoms with van der Waals surface area (Å²) in [7, 11) is 0. The minimum atomic E-state index is -0.939. The van der Waals surface area contributed by atoms with Gasteiger partial charge in [-0.15, -0.1) is 11.3 Å². The van der Waals surface area contributed by atoms with Gasteiger partial charge in [0.05, 0.1) is 21.9 Å². The highest BCUT2D eigenvalue weighted by atomic mass is 35.5. The molecule has 1 amide bonds. The smallest absolute Gasteiger partial charge is 0.323 e. The maximum Gasteiger partial charge on any atom is 0.336 e. The van der Waals surface area contributed by atoms with Crippen LogP contribution in [0.1, 0.15) is 0 Å². The molecule has 2 aromatic heterocycles. The predicted molar refractivity (Wildman–Crippen MR) is 112 cm³/mol. The molecule has 0 aliphatic rings. The van der Waals surface area contributed by atoms with Crippen LogP contribution in [0.15, 0.2) is 63.5 Å². The molecule has 0 unspecified atom stereocenters. The molecule has 6 nitrogen and oxygen atoms in total. The van der Waals surface area contributed by atoms with E-state index in [1.165, 1.54) is 6.07 Å². The largest absolute Gasteiger partial charge is 0.336 e. The Labute approximate surface area is 176 Å². The fourth-order valence-electron chi connectivity index (χ4n) is 3.03. The third-order valence-electron chi connectivity index (χ3n) is 4.31. The van der Waals surface area contributed by atoms with Gasteiger partial charge in [-0.1, -0.05) is 23.7 Å². The van der Waals surface area contributed by atoms with Crippen molar-refractivity contribution in [2.45, 2.75) is 6.54 Å². The molecule has 1 N–H and O–H groups in total. The Hall–Kier alpha value is -3.30. The summed E-state index contributed by atoms with van der Waals surface area (Å²) in [5.41, 5.74) is -1.28. The van der Waals surface area contributed by atoms with E-state index < -0.39 is 35.3 Å². The van der Waals surface area contributed by atoms with E-state index in [-0.39, 0.29) is 15.9 Å². The van der Waals surface area contributed by atoms with Gasteiger partial charge < -0.3 is 5.32 Å². The molecule has 0 atom stereocenters. The molecule has 0 spiro atoms. The van der Waals surface area contributed by atoms with E-state index >= 15 is 0 Å². The van der Waals surface area contributed by atoms with Crippen LogP contribution < -0.4 is 16.6 Å². The van der Waals surface area contributed by atoms with Gasteiger partial charge in [0.15, 0.2) is 0 Å². The number of amides is 1. The standard InChI is InChI=1S/C20H12ClF2N3O3S/c21-14-3-1-2-4-15(14)24-17(27)10-25-16-5-6-30-18(16)19(28)26(20(25)29)13-8-11(22)7-12(23)9-13/h1-9H,10H2,(H,24,27). The number of nitrogens with zero attached hydrogens (tertiary/aromatic N) is 2. The van der Waals surface area contributed by atoms with Gasteiger partial charge in [0.1, 0.15) is 22.9 Å². The molecule has 4 rings (SSSR count).